The molecule has 2 aromatic rings. The number of halogens is 1. The summed E-state index contributed by atoms with van der Waals surface area (Å²) in [6.07, 6.45) is 0. The smallest absolute Gasteiger partial charge is 0.308 e. The monoisotopic (exact) mass is 422 g/mol. The van der Waals surface area contributed by atoms with Crippen molar-refractivity contribution in [2.75, 3.05) is 19.6 Å². The molecule has 0 unspecified atom stereocenters. The zero-order valence-corrected chi connectivity index (χ0v) is 17.4. The molecular weight excluding hydrogens is 400 g/mol. The number of hydrogen-bond donors (Lipinski definition) is 0. The Kier molecular flexibility index (Phi) is 6.40. The number of carbonyl (C=O) groups excluding carboxylic acids is 1. The van der Waals surface area contributed by atoms with Crippen molar-refractivity contribution in [3.8, 4) is 5.75 Å². The predicted octanol–water partition coefficient (Wildman–Crippen LogP) is 3.16. The molecule has 1 atom stereocenters. The normalized spacial score (nSPS) is 18.8. The van der Waals surface area contributed by atoms with Gasteiger partial charge in [0.05, 0.1) is 4.90 Å². The lowest BCUT2D eigenvalue weighted by atomic mass is 10.1. The molecule has 1 aliphatic rings. The van der Waals surface area contributed by atoms with Crippen molar-refractivity contribution in [1.29, 1.82) is 0 Å². The zero-order chi connectivity index (χ0) is 20.3. The number of esters is 1. The summed E-state index contributed by atoms with van der Waals surface area (Å²) in [7, 11) is -3.52. The molecule has 8 heteroatoms. The number of rotatable bonds is 5. The van der Waals surface area contributed by atoms with Gasteiger partial charge in [0.2, 0.25) is 10.0 Å². The summed E-state index contributed by atoms with van der Waals surface area (Å²) in [5.41, 5.74) is 0.800. The van der Waals surface area contributed by atoms with E-state index in [1.165, 1.54) is 6.92 Å². The Morgan fingerprint density at radius 1 is 1.18 bits per heavy atom. The third-order valence-electron chi connectivity index (χ3n) is 4.67. The molecule has 0 aromatic heterocycles. The summed E-state index contributed by atoms with van der Waals surface area (Å²) < 4.78 is 32.6. The van der Waals surface area contributed by atoms with Crippen molar-refractivity contribution in [1.82, 2.24) is 9.21 Å². The van der Waals surface area contributed by atoms with Crippen LogP contribution < -0.4 is 4.74 Å². The molecule has 0 spiro atoms. The average molecular weight is 423 g/mol. The lowest BCUT2D eigenvalue weighted by Gasteiger charge is -2.39. The number of carbonyl (C=O) groups is 1. The van der Waals surface area contributed by atoms with Crippen LogP contribution in [0.3, 0.4) is 0 Å². The second-order valence-electron chi connectivity index (χ2n) is 6.86. The van der Waals surface area contributed by atoms with Crippen molar-refractivity contribution in [3.63, 3.8) is 0 Å². The van der Waals surface area contributed by atoms with Gasteiger partial charge in [-0.15, -0.1) is 0 Å². The molecule has 150 valence electrons. The van der Waals surface area contributed by atoms with Gasteiger partial charge in [-0.2, -0.15) is 4.31 Å². The van der Waals surface area contributed by atoms with Gasteiger partial charge in [-0.1, -0.05) is 29.8 Å². The SMILES string of the molecule is CC(=O)Oc1ccc(Cl)cc1CN1CCN(S(=O)(=O)c2ccccc2)[C@@H](C)C1. The molecule has 0 amide bonds. The van der Waals surface area contributed by atoms with Crippen molar-refractivity contribution in [2.24, 2.45) is 0 Å². The molecular formula is C20H23ClN2O4S. The summed E-state index contributed by atoms with van der Waals surface area (Å²) in [6.45, 7) is 5.31. The van der Waals surface area contributed by atoms with E-state index in [-0.39, 0.29) is 6.04 Å². The molecule has 1 saturated heterocycles. The lowest BCUT2D eigenvalue weighted by molar-refractivity contribution is -0.131. The number of benzene rings is 2. The standard InChI is InChI=1S/C20H23ClN2O4S/c1-15-13-22(14-17-12-18(21)8-9-20(17)27-16(2)24)10-11-23(15)28(25,26)19-6-4-3-5-7-19/h3-9,12,15H,10-11,13-14H2,1-2H3/t15-/m0/s1. The minimum atomic E-state index is -3.52. The highest BCUT2D eigenvalue weighted by atomic mass is 35.5. The third-order valence-corrected chi connectivity index (χ3v) is 6.93. The largest absolute Gasteiger partial charge is 0.426 e. The van der Waals surface area contributed by atoms with Crippen LogP contribution >= 0.6 is 11.6 Å². The van der Waals surface area contributed by atoms with Gasteiger partial charge < -0.3 is 4.74 Å². The fraction of sp³-hybridized carbons (Fsp3) is 0.350. The van der Waals surface area contributed by atoms with Crippen LogP contribution in [0.15, 0.2) is 53.4 Å². The fourth-order valence-electron chi connectivity index (χ4n) is 3.41. The quantitative estimate of drug-likeness (QED) is 0.547. The van der Waals surface area contributed by atoms with Crippen LogP contribution in [0.2, 0.25) is 5.02 Å². The number of piperazine rings is 1. The molecule has 2 aromatic carbocycles. The third kappa shape index (κ3) is 4.72. The molecule has 3 rings (SSSR count). The van der Waals surface area contributed by atoms with Crippen molar-refractivity contribution >= 4 is 27.6 Å². The molecule has 0 saturated carbocycles. The first-order valence-electron chi connectivity index (χ1n) is 9.03. The summed E-state index contributed by atoms with van der Waals surface area (Å²) in [5.74, 6) is 0.0830. The molecule has 28 heavy (non-hydrogen) atoms. The van der Waals surface area contributed by atoms with E-state index in [0.29, 0.717) is 41.8 Å². The summed E-state index contributed by atoms with van der Waals surface area (Å²) in [4.78, 5) is 13.8. The number of sulfonamides is 1. The van der Waals surface area contributed by atoms with Crippen molar-refractivity contribution in [3.05, 3.63) is 59.1 Å². The van der Waals surface area contributed by atoms with E-state index < -0.39 is 16.0 Å². The van der Waals surface area contributed by atoms with E-state index in [1.807, 2.05) is 6.92 Å². The van der Waals surface area contributed by atoms with E-state index >= 15 is 0 Å². The average Bonchev–Trinajstić information content (AvgIpc) is 2.64. The molecule has 0 radical (unpaired) electrons. The highest BCUT2D eigenvalue weighted by molar-refractivity contribution is 7.89. The van der Waals surface area contributed by atoms with Gasteiger partial charge in [0.1, 0.15) is 5.75 Å². The van der Waals surface area contributed by atoms with E-state index in [4.69, 9.17) is 16.3 Å². The Labute approximate surface area is 170 Å². The second kappa shape index (κ2) is 8.61. The van der Waals surface area contributed by atoms with Crippen LogP contribution in [-0.4, -0.2) is 49.3 Å². The first kappa shape index (κ1) is 20.8. The van der Waals surface area contributed by atoms with Gasteiger partial charge in [-0.25, -0.2) is 8.42 Å². The van der Waals surface area contributed by atoms with Crippen molar-refractivity contribution in [2.45, 2.75) is 31.3 Å². The highest BCUT2D eigenvalue weighted by Gasteiger charge is 2.33. The Balaban J connectivity index is 1.73. The molecule has 1 aliphatic heterocycles. The van der Waals surface area contributed by atoms with Gasteiger partial charge in [-0.05, 0) is 37.3 Å². The number of ether oxygens (including phenoxy) is 1. The molecule has 1 heterocycles. The maximum absolute atomic E-state index is 12.9. The van der Waals surface area contributed by atoms with Gasteiger partial charge in [0.25, 0.3) is 0 Å². The van der Waals surface area contributed by atoms with Gasteiger partial charge in [0.15, 0.2) is 0 Å². The minimum absolute atomic E-state index is 0.185. The molecule has 1 fully saturated rings. The summed E-state index contributed by atoms with van der Waals surface area (Å²) >= 11 is 6.10. The minimum Gasteiger partial charge on any atom is -0.426 e. The maximum Gasteiger partial charge on any atom is 0.308 e. The van der Waals surface area contributed by atoms with Crippen LogP contribution in [-0.2, 0) is 21.4 Å². The highest BCUT2D eigenvalue weighted by Crippen LogP contribution is 2.27. The first-order chi connectivity index (χ1) is 13.3. The van der Waals surface area contributed by atoms with E-state index in [0.717, 1.165) is 5.56 Å². The predicted molar refractivity (Wildman–Crippen MR) is 108 cm³/mol. The Morgan fingerprint density at radius 3 is 2.54 bits per heavy atom. The van der Waals surface area contributed by atoms with Crippen LogP contribution in [0.4, 0.5) is 0 Å². The Hall–Kier alpha value is -1.93. The van der Waals surface area contributed by atoms with E-state index in [1.54, 1.807) is 52.8 Å². The van der Waals surface area contributed by atoms with Gasteiger partial charge in [-0.3, -0.25) is 9.69 Å². The van der Waals surface area contributed by atoms with E-state index in [9.17, 15) is 13.2 Å². The summed E-state index contributed by atoms with van der Waals surface area (Å²) in [5, 5.41) is 0.559. The van der Waals surface area contributed by atoms with Gasteiger partial charge in [0, 0.05) is 49.7 Å². The Bertz CT molecular complexity index is 950. The lowest BCUT2D eigenvalue weighted by Crippen LogP contribution is -2.53. The Morgan fingerprint density at radius 2 is 1.89 bits per heavy atom. The molecule has 6 nitrogen and oxygen atoms in total. The molecule has 0 bridgehead atoms. The molecule has 0 aliphatic carbocycles. The van der Waals surface area contributed by atoms with Gasteiger partial charge >= 0.3 is 5.97 Å². The topological polar surface area (TPSA) is 66.9 Å². The van der Waals surface area contributed by atoms with Crippen molar-refractivity contribution < 1.29 is 17.9 Å². The number of nitrogens with zero attached hydrogens (tertiary/aromatic N) is 2. The fourth-order valence-corrected chi connectivity index (χ4v) is 5.24. The maximum atomic E-state index is 12.9. The zero-order valence-electron chi connectivity index (χ0n) is 15.8. The first-order valence-corrected chi connectivity index (χ1v) is 10.9. The van der Waals surface area contributed by atoms with Crippen LogP contribution in [0, 0.1) is 0 Å². The van der Waals surface area contributed by atoms with Crippen LogP contribution in [0.1, 0.15) is 19.4 Å². The number of hydrogen-bond acceptors (Lipinski definition) is 5. The van der Waals surface area contributed by atoms with Crippen LogP contribution in [0.25, 0.3) is 0 Å². The summed E-state index contributed by atoms with van der Waals surface area (Å²) in [6, 6.07) is 13.4. The van der Waals surface area contributed by atoms with Crippen LogP contribution in [0.5, 0.6) is 5.75 Å². The second-order valence-corrected chi connectivity index (χ2v) is 9.19. The van der Waals surface area contributed by atoms with E-state index in [2.05, 4.69) is 4.90 Å². The molecule has 0 N–H and O–H groups in total.